The van der Waals surface area contributed by atoms with E-state index in [1.807, 2.05) is 34.4 Å². The first kappa shape index (κ1) is 21.0. The van der Waals surface area contributed by atoms with Gasteiger partial charge in [0.05, 0.1) is 5.39 Å². The second-order valence-electron chi connectivity index (χ2n) is 7.08. The van der Waals surface area contributed by atoms with Gasteiger partial charge in [-0.3, -0.25) is 9.59 Å². The van der Waals surface area contributed by atoms with Gasteiger partial charge in [-0.2, -0.15) is 0 Å². The molecule has 31 heavy (non-hydrogen) atoms. The van der Waals surface area contributed by atoms with E-state index in [0.29, 0.717) is 11.0 Å². The summed E-state index contributed by atoms with van der Waals surface area (Å²) in [5, 5.41) is 16.6. The van der Waals surface area contributed by atoms with Gasteiger partial charge in [0.1, 0.15) is 11.2 Å². The van der Waals surface area contributed by atoms with Crippen LogP contribution in [0.5, 0.6) is 0 Å². The van der Waals surface area contributed by atoms with Gasteiger partial charge in [-0.15, -0.1) is 0 Å². The summed E-state index contributed by atoms with van der Waals surface area (Å²) >= 11 is 2.10. The zero-order chi connectivity index (χ0) is 21.8. The number of allylic oxidation sites excluding steroid dienone is 3. The predicted molar refractivity (Wildman–Crippen MR) is 131 cm³/mol. The van der Waals surface area contributed by atoms with Crippen LogP contribution in [0.2, 0.25) is 0 Å². The largest absolute Gasteiger partial charge is 0.792 e. The number of carbonyl (C=O) groups excluding carboxylic acids is 1. The number of amides is 1. The van der Waals surface area contributed by atoms with Crippen LogP contribution in [0.15, 0.2) is 75.0 Å². The van der Waals surface area contributed by atoms with Gasteiger partial charge in [-0.1, -0.05) is 34.7 Å². The number of rotatable bonds is 6. The number of aromatic nitrogens is 2. The molecule has 4 rings (SSSR count). The number of halogens is 1. The fraction of sp³-hybridized carbons (Fsp3) is 0.130. The third kappa shape index (κ3) is 4.58. The van der Waals surface area contributed by atoms with E-state index in [0.717, 1.165) is 29.7 Å². The van der Waals surface area contributed by atoms with E-state index in [1.165, 1.54) is 6.21 Å². The first-order chi connectivity index (χ1) is 15.1. The Balaban J connectivity index is 1.88. The predicted octanol–water partition coefficient (Wildman–Crippen LogP) is 4.18. The maximum Gasteiger partial charge on any atom is 0.257 e. The Hall–Kier alpha value is -3.27. The van der Waals surface area contributed by atoms with Gasteiger partial charge in [0.25, 0.3) is 5.91 Å². The average Bonchev–Trinajstić information content (AvgIpc) is 3.61. The molecule has 1 N–H and O–H groups in total. The van der Waals surface area contributed by atoms with Crippen LogP contribution in [-0.4, -0.2) is 27.7 Å². The van der Waals surface area contributed by atoms with Crippen molar-refractivity contribution in [3.63, 3.8) is 0 Å². The van der Waals surface area contributed by atoms with Crippen LogP contribution in [0.4, 0.5) is 0 Å². The van der Waals surface area contributed by atoms with Gasteiger partial charge in [0.2, 0.25) is 5.43 Å². The Morgan fingerprint density at radius 3 is 2.87 bits per heavy atom. The van der Waals surface area contributed by atoms with Gasteiger partial charge < -0.3 is 20.2 Å². The highest BCUT2D eigenvalue weighted by Gasteiger charge is 2.26. The lowest BCUT2D eigenvalue weighted by atomic mass is 10.0. The molecule has 156 valence electrons. The van der Waals surface area contributed by atoms with Gasteiger partial charge in [0.15, 0.2) is 0 Å². The van der Waals surface area contributed by atoms with Crippen molar-refractivity contribution < 1.29 is 4.79 Å². The summed E-state index contributed by atoms with van der Waals surface area (Å²) in [6.07, 6.45) is 9.70. The Labute approximate surface area is 191 Å². The molecular formula is C23H18IN4O3-. The molecule has 0 atom stereocenters. The van der Waals surface area contributed by atoms with Crippen molar-refractivity contribution >= 4 is 51.3 Å². The average molecular weight is 525 g/mol. The molecule has 3 aromatic rings. The van der Waals surface area contributed by atoms with Crippen LogP contribution in [0.25, 0.3) is 22.3 Å². The highest BCUT2D eigenvalue weighted by molar-refractivity contribution is 14.1. The molecule has 7 nitrogen and oxygen atoms in total. The van der Waals surface area contributed by atoms with Gasteiger partial charge >= 0.3 is 0 Å². The van der Waals surface area contributed by atoms with Crippen molar-refractivity contribution in [3.8, 4) is 5.69 Å². The number of fused-ring (bicyclic) bond motifs is 1. The second-order valence-corrected chi connectivity index (χ2v) is 7.80. The fourth-order valence-electron chi connectivity index (χ4n) is 3.27. The molecule has 0 aliphatic heterocycles. The zero-order valence-electron chi connectivity index (χ0n) is 16.4. The summed E-state index contributed by atoms with van der Waals surface area (Å²) in [4.78, 5) is 30.1. The van der Waals surface area contributed by atoms with Crippen molar-refractivity contribution in [2.75, 3.05) is 0 Å². The second kappa shape index (κ2) is 9.25. The van der Waals surface area contributed by atoms with Crippen LogP contribution in [0, 0.1) is 5.21 Å². The van der Waals surface area contributed by atoms with Gasteiger partial charge in [-0.25, -0.2) is 4.98 Å². The van der Waals surface area contributed by atoms with Gasteiger partial charge in [-0.05, 0) is 64.5 Å². The number of nitrogens with one attached hydrogen (secondary N) is 1. The van der Waals surface area contributed by atoms with E-state index in [1.54, 1.807) is 35.2 Å². The van der Waals surface area contributed by atoms with Crippen molar-refractivity contribution in [1.29, 1.82) is 0 Å². The number of benzene rings is 1. The Bertz CT molecular complexity index is 1290. The molecule has 1 amide bonds. The van der Waals surface area contributed by atoms with Gasteiger partial charge in [0, 0.05) is 30.3 Å². The molecule has 0 spiro atoms. The molecular weight excluding hydrogens is 507 g/mol. The summed E-state index contributed by atoms with van der Waals surface area (Å²) in [5.41, 5.74) is 2.57. The normalized spacial score (nSPS) is 14.5. The number of pyridine rings is 2. The van der Waals surface area contributed by atoms with E-state index in [9.17, 15) is 14.8 Å². The number of hydrogen-bond donors (Lipinski definition) is 1. The quantitative estimate of drug-likeness (QED) is 0.226. The molecule has 8 heteroatoms. The SMILES string of the molecule is O=C(NC1CC1)c1cn(-c2cccc(C(/C=C\I)=C/C=N/[O-])c2)c2ncccc2c1=O. The number of hydrogen-bond acceptors (Lipinski definition) is 5. The maximum atomic E-state index is 13.0. The molecule has 1 saturated carbocycles. The monoisotopic (exact) mass is 525 g/mol. The lowest BCUT2D eigenvalue weighted by Crippen LogP contribution is -2.31. The third-order valence-electron chi connectivity index (χ3n) is 4.93. The van der Waals surface area contributed by atoms with Crippen LogP contribution in [0.1, 0.15) is 28.8 Å². The summed E-state index contributed by atoms with van der Waals surface area (Å²) in [7, 11) is 0. The van der Waals surface area contributed by atoms with Crippen molar-refractivity contribution in [3.05, 3.63) is 91.6 Å². The molecule has 0 saturated heterocycles. The smallest absolute Gasteiger partial charge is 0.257 e. The molecule has 1 aromatic carbocycles. The van der Waals surface area contributed by atoms with Crippen LogP contribution in [0.3, 0.4) is 0 Å². The topological polar surface area (TPSA) is 99.4 Å². The Kier molecular flexibility index (Phi) is 6.26. The lowest BCUT2D eigenvalue weighted by Gasteiger charge is -2.14. The summed E-state index contributed by atoms with van der Waals surface area (Å²) in [5.74, 6) is -0.372. The maximum absolute atomic E-state index is 13.0. The van der Waals surface area contributed by atoms with Crippen LogP contribution in [-0.2, 0) is 0 Å². The first-order valence-corrected chi connectivity index (χ1v) is 10.9. The summed E-state index contributed by atoms with van der Waals surface area (Å²) in [6, 6.07) is 11.0. The first-order valence-electron chi connectivity index (χ1n) is 9.67. The summed E-state index contributed by atoms with van der Waals surface area (Å²) in [6.45, 7) is 0. The zero-order valence-corrected chi connectivity index (χ0v) is 18.5. The molecule has 0 unspecified atom stereocenters. The van der Waals surface area contributed by atoms with Crippen molar-refractivity contribution in [1.82, 2.24) is 14.9 Å². The third-order valence-corrected chi connectivity index (χ3v) is 5.29. The summed E-state index contributed by atoms with van der Waals surface area (Å²) < 4.78 is 3.58. The van der Waals surface area contributed by atoms with E-state index >= 15 is 0 Å². The minimum atomic E-state index is -0.372. The number of nitrogens with zero attached hydrogens (tertiary/aromatic N) is 3. The molecule has 1 aliphatic carbocycles. The molecule has 1 aliphatic rings. The lowest BCUT2D eigenvalue weighted by molar-refractivity contribution is 0.0949. The molecule has 0 bridgehead atoms. The minimum Gasteiger partial charge on any atom is -0.792 e. The molecule has 0 radical (unpaired) electrons. The Morgan fingerprint density at radius 1 is 1.29 bits per heavy atom. The highest BCUT2D eigenvalue weighted by Crippen LogP contribution is 2.23. The highest BCUT2D eigenvalue weighted by atomic mass is 127. The number of carbonyl (C=O) groups is 1. The van der Waals surface area contributed by atoms with E-state index in [4.69, 9.17) is 0 Å². The van der Waals surface area contributed by atoms with E-state index in [-0.39, 0.29) is 22.9 Å². The van der Waals surface area contributed by atoms with Crippen molar-refractivity contribution in [2.45, 2.75) is 18.9 Å². The molecule has 2 aromatic heterocycles. The fourth-order valence-corrected chi connectivity index (χ4v) is 3.66. The van der Waals surface area contributed by atoms with Crippen LogP contribution >= 0.6 is 22.6 Å². The Morgan fingerprint density at radius 2 is 2.13 bits per heavy atom. The van der Waals surface area contributed by atoms with Crippen LogP contribution < -0.4 is 10.7 Å². The van der Waals surface area contributed by atoms with Crippen molar-refractivity contribution in [2.24, 2.45) is 5.16 Å². The molecule has 2 heterocycles. The van der Waals surface area contributed by atoms with E-state index < -0.39 is 0 Å². The van der Waals surface area contributed by atoms with E-state index in [2.05, 4.69) is 38.0 Å². The minimum absolute atomic E-state index is 0.0826. The standard InChI is InChI=1S/C23H19IN4O3/c24-10-8-15(9-12-26-31)16-3-1-4-18(13-16)28-14-20(23(30)27-17-6-7-17)21(29)19-5-2-11-25-22(19)28/h1-5,8-14,17,31H,6-7H2,(H,27,30)/p-1/b10-8-,15-9+,26-12+. The molecule has 1 fully saturated rings.